The van der Waals surface area contributed by atoms with Crippen LogP contribution in [0.25, 0.3) is 10.9 Å². The molecule has 0 bridgehead atoms. The minimum Gasteiger partial charge on any atom is -0.389 e. The Morgan fingerprint density at radius 1 is 1.30 bits per heavy atom. The molecule has 2 N–H and O–H groups in total. The molecule has 3 nitrogen and oxygen atoms in total. The van der Waals surface area contributed by atoms with Gasteiger partial charge in [0.25, 0.3) is 0 Å². The van der Waals surface area contributed by atoms with Gasteiger partial charge in [0.15, 0.2) is 0 Å². The van der Waals surface area contributed by atoms with Crippen molar-refractivity contribution in [3.8, 4) is 0 Å². The fourth-order valence-corrected chi connectivity index (χ4v) is 2.03. The SMILES string of the molecule is NC(=S)c1ccc2c(ccn2CCOCC(F)(F)F)c1. The van der Waals surface area contributed by atoms with Crippen LogP contribution in [0.2, 0.25) is 0 Å². The fraction of sp³-hybridized carbons (Fsp3) is 0.308. The molecule has 1 aromatic carbocycles. The van der Waals surface area contributed by atoms with Crippen molar-refractivity contribution in [3.05, 3.63) is 36.0 Å². The van der Waals surface area contributed by atoms with Gasteiger partial charge in [0.05, 0.1) is 6.61 Å². The van der Waals surface area contributed by atoms with Gasteiger partial charge < -0.3 is 15.0 Å². The van der Waals surface area contributed by atoms with E-state index in [2.05, 4.69) is 4.74 Å². The van der Waals surface area contributed by atoms with E-state index in [4.69, 9.17) is 18.0 Å². The zero-order chi connectivity index (χ0) is 14.8. The number of halogens is 3. The highest BCUT2D eigenvalue weighted by Crippen LogP contribution is 2.18. The summed E-state index contributed by atoms with van der Waals surface area (Å²) in [6.07, 6.45) is -2.49. The molecule has 0 radical (unpaired) electrons. The number of hydrogen-bond donors (Lipinski definition) is 1. The van der Waals surface area contributed by atoms with E-state index in [0.29, 0.717) is 11.5 Å². The molecule has 1 heterocycles. The number of rotatable bonds is 5. The molecule has 20 heavy (non-hydrogen) atoms. The molecule has 0 aliphatic rings. The summed E-state index contributed by atoms with van der Waals surface area (Å²) in [5.74, 6) is 0. The van der Waals surface area contributed by atoms with Crippen LogP contribution >= 0.6 is 12.2 Å². The summed E-state index contributed by atoms with van der Waals surface area (Å²) in [6.45, 7) is -0.871. The number of ether oxygens (including phenoxy) is 1. The maximum absolute atomic E-state index is 11.9. The predicted octanol–water partition coefficient (Wildman–Crippen LogP) is 2.85. The molecular weight excluding hydrogens is 289 g/mol. The van der Waals surface area contributed by atoms with E-state index in [9.17, 15) is 13.2 Å². The molecule has 0 saturated heterocycles. The van der Waals surface area contributed by atoms with Crippen LogP contribution in [0.1, 0.15) is 5.56 Å². The maximum atomic E-state index is 11.9. The molecule has 0 aliphatic carbocycles. The zero-order valence-electron chi connectivity index (χ0n) is 10.5. The average molecular weight is 302 g/mol. The minimum atomic E-state index is -4.29. The smallest absolute Gasteiger partial charge is 0.389 e. The number of thiocarbonyl (C=S) groups is 1. The summed E-state index contributed by atoms with van der Waals surface area (Å²) >= 11 is 4.90. The number of fused-ring (bicyclic) bond motifs is 1. The van der Waals surface area contributed by atoms with Crippen molar-refractivity contribution in [2.24, 2.45) is 5.73 Å². The van der Waals surface area contributed by atoms with Crippen LogP contribution in [0.15, 0.2) is 30.5 Å². The van der Waals surface area contributed by atoms with Crippen molar-refractivity contribution >= 4 is 28.1 Å². The van der Waals surface area contributed by atoms with Crippen LogP contribution < -0.4 is 5.73 Å². The first-order valence-corrected chi connectivity index (χ1v) is 6.31. The molecule has 2 rings (SSSR count). The lowest BCUT2D eigenvalue weighted by Crippen LogP contribution is -2.18. The Kier molecular flexibility index (Phi) is 4.29. The molecule has 0 saturated carbocycles. The van der Waals surface area contributed by atoms with E-state index in [1.165, 1.54) is 0 Å². The standard InChI is InChI=1S/C13H13F3N2OS/c14-13(15,16)8-19-6-5-18-4-3-9-7-10(12(17)20)1-2-11(9)18/h1-4,7H,5-6,8H2,(H2,17,20). The fourth-order valence-electron chi connectivity index (χ4n) is 1.90. The average Bonchev–Trinajstić information content (AvgIpc) is 2.76. The number of nitrogens with zero attached hydrogens (tertiary/aromatic N) is 1. The van der Waals surface area contributed by atoms with E-state index in [0.717, 1.165) is 16.5 Å². The van der Waals surface area contributed by atoms with Gasteiger partial charge in [-0.25, -0.2) is 0 Å². The summed E-state index contributed by atoms with van der Waals surface area (Å²) in [4.78, 5) is 0.313. The Morgan fingerprint density at radius 3 is 2.70 bits per heavy atom. The van der Waals surface area contributed by atoms with Crippen LogP contribution in [0.3, 0.4) is 0 Å². The molecule has 7 heteroatoms. The predicted molar refractivity (Wildman–Crippen MR) is 74.7 cm³/mol. The topological polar surface area (TPSA) is 40.2 Å². The molecule has 0 unspecified atom stereocenters. The van der Waals surface area contributed by atoms with Gasteiger partial charge in [-0.3, -0.25) is 0 Å². The first-order valence-electron chi connectivity index (χ1n) is 5.90. The Bertz CT molecular complexity index is 622. The molecule has 1 aromatic heterocycles. The lowest BCUT2D eigenvalue weighted by Gasteiger charge is -2.09. The van der Waals surface area contributed by atoms with Gasteiger partial charge in [0.1, 0.15) is 11.6 Å². The molecule has 0 fully saturated rings. The molecule has 0 aliphatic heterocycles. The number of benzene rings is 1. The van der Waals surface area contributed by atoms with E-state index in [1.54, 1.807) is 12.3 Å². The van der Waals surface area contributed by atoms with Crippen LogP contribution in [-0.2, 0) is 11.3 Å². The van der Waals surface area contributed by atoms with Gasteiger partial charge in [-0.05, 0) is 24.3 Å². The normalized spacial score (nSPS) is 11.9. The molecule has 108 valence electrons. The third kappa shape index (κ3) is 3.71. The first kappa shape index (κ1) is 14.8. The lowest BCUT2D eigenvalue weighted by molar-refractivity contribution is -0.174. The van der Waals surface area contributed by atoms with Gasteiger partial charge in [-0.1, -0.05) is 12.2 Å². The highest BCUT2D eigenvalue weighted by molar-refractivity contribution is 7.80. The second kappa shape index (κ2) is 5.80. The molecular formula is C13H13F3N2OS. The molecule has 0 spiro atoms. The van der Waals surface area contributed by atoms with Crippen LogP contribution in [0.4, 0.5) is 13.2 Å². The summed E-state index contributed by atoms with van der Waals surface area (Å²) < 4.78 is 42.2. The molecule has 2 aromatic rings. The monoisotopic (exact) mass is 302 g/mol. The number of aromatic nitrogens is 1. The minimum absolute atomic E-state index is 0.000340. The number of hydrogen-bond acceptors (Lipinski definition) is 2. The zero-order valence-corrected chi connectivity index (χ0v) is 11.3. The first-order chi connectivity index (χ1) is 9.37. The maximum Gasteiger partial charge on any atom is 0.411 e. The van der Waals surface area contributed by atoms with Gasteiger partial charge in [-0.2, -0.15) is 13.2 Å². The van der Waals surface area contributed by atoms with Crippen molar-refractivity contribution < 1.29 is 17.9 Å². The summed E-state index contributed by atoms with van der Waals surface area (Å²) in [5, 5.41) is 0.936. The summed E-state index contributed by atoms with van der Waals surface area (Å²) in [5.41, 5.74) is 7.21. The Morgan fingerprint density at radius 2 is 2.05 bits per heavy atom. The second-order valence-corrected chi connectivity index (χ2v) is 4.75. The van der Waals surface area contributed by atoms with Crippen molar-refractivity contribution in [3.63, 3.8) is 0 Å². The van der Waals surface area contributed by atoms with E-state index in [-0.39, 0.29) is 6.61 Å². The lowest BCUT2D eigenvalue weighted by atomic mass is 10.1. The third-order valence-electron chi connectivity index (χ3n) is 2.80. The quantitative estimate of drug-likeness (QED) is 0.682. The second-order valence-electron chi connectivity index (χ2n) is 4.31. The van der Waals surface area contributed by atoms with Gasteiger partial charge in [0.2, 0.25) is 0 Å². The Labute approximate surface area is 119 Å². The van der Waals surface area contributed by atoms with Crippen LogP contribution in [-0.4, -0.2) is 28.9 Å². The van der Waals surface area contributed by atoms with Crippen molar-refractivity contribution in [2.45, 2.75) is 12.7 Å². The molecule has 0 atom stereocenters. The van der Waals surface area contributed by atoms with Crippen LogP contribution in [0.5, 0.6) is 0 Å². The Balaban J connectivity index is 2.03. The van der Waals surface area contributed by atoms with Crippen molar-refractivity contribution in [1.82, 2.24) is 4.57 Å². The highest BCUT2D eigenvalue weighted by Gasteiger charge is 2.27. The summed E-state index contributed by atoms with van der Waals surface area (Å²) in [7, 11) is 0. The largest absolute Gasteiger partial charge is 0.411 e. The van der Waals surface area contributed by atoms with Crippen molar-refractivity contribution in [2.75, 3.05) is 13.2 Å². The van der Waals surface area contributed by atoms with Crippen molar-refractivity contribution in [1.29, 1.82) is 0 Å². The van der Waals surface area contributed by atoms with Gasteiger partial charge in [-0.15, -0.1) is 0 Å². The van der Waals surface area contributed by atoms with E-state index < -0.39 is 12.8 Å². The third-order valence-corrected chi connectivity index (χ3v) is 3.03. The highest BCUT2D eigenvalue weighted by atomic mass is 32.1. The number of nitrogens with two attached hydrogens (primary N) is 1. The van der Waals surface area contributed by atoms with Crippen LogP contribution in [0, 0.1) is 0 Å². The van der Waals surface area contributed by atoms with E-state index >= 15 is 0 Å². The Hall–Kier alpha value is -1.60. The van der Waals surface area contributed by atoms with Gasteiger partial charge in [0, 0.05) is 29.2 Å². The number of alkyl halides is 3. The summed E-state index contributed by atoms with van der Waals surface area (Å²) in [6, 6.07) is 7.34. The molecule has 0 amide bonds. The van der Waals surface area contributed by atoms with Gasteiger partial charge >= 0.3 is 6.18 Å². The van der Waals surface area contributed by atoms with E-state index in [1.807, 2.05) is 22.8 Å².